The highest BCUT2D eigenvalue weighted by atomic mass is 16.5. The maximum absolute atomic E-state index is 5.54. The Hall–Kier alpha value is -1.63. The Morgan fingerprint density at radius 2 is 1.80 bits per heavy atom. The Bertz CT molecular complexity index is 400. The van der Waals surface area contributed by atoms with Crippen LogP contribution in [-0.2, 0) is 4.74 Å². The lowest BCUT2D eigenvalue weighted by Crippen LogP contribution is -2.25. The van der Waals surface area contributed by atoms with Crippen LogP contribution in [0.3, 0.4) is 0 Å². The molecule has 0 aromatic carbocycles. The molecule has 0 fully saturated rings. The van der Waals surface area contributed by atoms with E-state index in [4.69, 9.17) is 9.47 Å². The normalized spacial score (nSPS) is 12.3. The average Bonchev–Trinajstić information content (AvgIpc) is 2.37. The van der Waals surface area contributed by atoms with Crippen LogP contribution in [-0.4, -0.2) is 47.4 Å². The van der Waals surface area contributed by atoms with Crippen LogP contribution >= 0.6 is 0 Å². The van der Waals surface area contributed by atoms with E-state index in [1.165, 1.54) is 0 Å². The molecule has 1 rings (SSSR count). The molecule has 7 nitrogen and oxygen atoms in total. The van der Waals surface area contributed by atoms with Crippen LogP contribution in [0.25, 0.3) is 0 Å². The topological polar surface area (TPSA) is 81.2 Å². The number of nitrogens with zero attached hydrogens (tertiary/aromatic N) is 3. The highest BCUT2D eigenvalue weighted by molar-refractivity contribution is 5.36. The number of nitrogens with one attached hydrogen (secondary N) is 2. The number of rotatable bonds is 9. The fraction of sp³-hybridized carbons (Fsp3) is 0.769. The lowest BCUT2D eigenvalue weighted by Gasteiger charge is -2.17. The molecule has 7 heteroatoms. The summed E-state index contributed by atoms with van der Waals surface area (Å²) in [6, 6.07) is 0.476. The van der Waals surface area contributed by atoms with E-state index < -0.39 is 0 Å². The van der Waals surface area contributed by atoms with Crippen LogP contribution < -0.4 is 15.4 Å². The predicted octanol–water partition coefficient (Wildman–Crippen LogP) is 1.93. The molecular weight excluding hydrogens is 258 g/mol. The van der Waals surface area contributed by atoms with Crippen molar-refractivity contribution in [1.82, 2.24) is 15.0 Å². The SMILES string of the molecule is CCNc1nc(NC(CC)COC)nc(OC(C)C)n1. The largest absolute Gasteiger partial charge is 0.461 e. The average molecular weight is 283 g/mol. The summed E-state index contributed by atoms with van der Waals surface area (Å²) in [6.07, 6.45) is 0.928. The van der Waals surface area contributed by atoms with Gasteiger partial charge in [0, 0.05) is 13.7 Å². The number of hydrogen-bond acceptors (Lipinski definition) is 7. The summed E-state index contributed by atoms with van der Waals surface area (Å²) in [6.45, 7) is 9.26. The molecule has 2 N–H and O–H groups in total. The van der Waals surface area contributed by atoms with Crippen molar-refractivity contribution < 1.29 is 9.47 Å². The molecule has 20 heavy (non-hydrogen) atoms. The highest BCUT2D eigenvalue weighted by Crippen LogP contribution is 2.14. The molecule has 0 aliphatic carbocycles. The third kappa shape index (κ3) is 5.56. The fourth-order valence-corrected chi connectivity index (χ4v) is 1.57. The molecule has 0 bridgehead atoms. The van der Waals surface area contributed by atoms with Crippen molar-refractivity contribution in [1.29, 1.82) is 0 Å². The first-order valence-electron chi connectivity index (χ1n) is 7.01. The summed E-state index contributed by atoms with van der Waals surface area (Å²) < 4.78 is 10.7. The first-order chi connectivity index (χ1) is 9.58. The third-order valence-corrected chi connectivity index (χ3v) is 2.48. The van der Waals surface area contributed by atoms with E-state index in [1.54, 1.807) is 7.11 Å². The molecule has 1 unspecified atom stereocenters. The van der Waals surface area contributed by atoms with Gasteiger partial charge in [-0.2, -0.15) is 15.0 Å². The quantitative estimate of drug-likeness (QED) is 0.716. The van der Waals surface area contributed by atoms with Crippen molar-refractivity contribution in [2.45, 2.75) is 46.3 Å². The summed E-state index contributed by atoms with van der Waals surface area (Å²) in [5.74, 6) is 1.00. The Labute approximate surface area is 120 Å². The van der Waals surface area contributed by atoms with E-state index in [0.29, 0.717) is 24.5 Å². The standard InChI is InChI=1S/C13H25N5O2/c1-6-10(8-19-5)15-12-16-11(14-7-2)17-13(18-12)20-9(3)4/h9-10H,6-8H2,1-5H3,(H2,14,15,16,17,18). The van der Waals surface area contributed by atoms with E-state index in [2.05, 4.69) is 32.5 Å². The van der Waals surface area contributed by atoms with Gasteiger partial charge in [-0.25, -0.2) is 0 Å². The van der Waals surface area contributed by atoms with Gasteiger partial charge in [-0.05, 0) is 27.2 Å². The van der Waals surface area contributed by atoms with Crippen LogP contribution in [0.1, 0.15) is 34.1 Å². The fourth-order valence-electron chi connectivity index (χ4n) is 1.57. The van der Waals surface area contributed by atoms with Crippen LogP contribution in [0, 0.1) is 0 Å². The van der Waals surface area contributed by atoms with E-state index in [9.17, 15) is 0 Å². The van der Waals surface area contributed by atoms with Gasteiger partial charge in [-0.15, -0.1) is 0 Å². The van der Waals surface area contributed by atoms with Crippen LogP contribution in [0.4, 0.5) is 11.9 Å². The first kappa shape index (κ1) is 16.4. The van der Waals surface area contributed by atoms with Crippen molar-refractivity contribution >= 4 is 11.9 Å². The zero-order valence-corrected chi connectivity index (χ0v) is 12.9. The Morgan fingerprint density at radius 3 is 2.35 bits per heavy atom. The Balaban J connectivity index is 2.89. The van der Waals surface area contributed by atoms with Gasteiger partial charge in [-0.3, -0.25) is 0 Å². The number of hydrogen-bond donors (Lipinski definition) is 2. The van der Waals surface area contributed by atoms with Crippen LogP contribution in [0.5, 0.6) is 6.01 Å². The molecule has 0 amide bonds. The van der Waals surface area contributed by atoms with Gasteiger partial charge in [-0.1, -0.05) is 6.92 Å². The summed E-state index contributed by atoms with van der Waals surface area (Å²) in [5, 5.41) is 6.31. The van der Waals surface area contributed by atoms with Crippen molar-refractivity contribution in [3.05, 3.63) is 0 Å². The minimum Gasteiger partial charge on any atom is -0.461 e. The van der Waals surface area contributed by atoms with E-state index >= 15 is 0 Å². The van der Waals surface area contributed by atoms with Crippen molar-refractivity contribution in [2.24, 2.45) is 0 Å². The van der Waals surface area contributed by atoms with Crippen molar-refractivity contribution in [2.75, 3.05) is 30.9 Å². The molecule has 0 spiro atoms. The molecule has 1 aromatic rings. The lowest BCUT2D eigenvalue weighted by molar-refractivity contribution is 0.184. The molecule has 114 valence electrons. The second-order valence-electron chi connectivity index (χ2n) is 4.67. The van der Waals surface area contributed by atoms with Gasteiger partial charge >= 0.3 is 6.01 Å². The third-order valence-electron chi connectivity index (χ3n) is 2.48. The van der Waals surface area contributed by atoms with E-state index in [-0.39, 0.29) is 12.1 Å². The molecule has 0 aliphatic heterocycles. The number of ether oxygens (including phenoxy) is 2. The van der Waals surface area contributed by atoms with Crippen molar-refractivity contribution in [3.63, 3.8) is 0 Å². The van der Waals surface area contributed by atoms with Gasteiger partial charge < -0.3 is 20.1 Å². The first-order valence-corrected chi connectivity index (χ1v) is 7.01. The van der Waals surface area contributed by atoms with Gasteiger partial charge in [0.05, 0.1) is 18.8 Å². The maximum atomic E-state index is 5.54. The monoisotopic (exact) mass is 283 g/mol. The smallest absolute Gasteiger partial charge is 0.323 e. The number of methoxy groups -OCH3 is 1. The molecule has 1 heterocycles. The van der Waals surface area contributed by atoms with Gasteiger partial charge in [0.1, 0.15) is 0 Å². The van der Waals surface area contributed by atoms with Gasteiger partial charge in [0.15, 0.2) is 0 Å². The highest BCUT2D eigenvalue weighted by Gasteiger charge is 2.12. The number of anilines is 2. The molecule has 0 saturated heterocycles. The zero-order valence-electron chi connectivity index (χ0n) is 12.9. The maximum Gasteiger partial charge on any atom is 0.323 e. The molecule has 0 aliphatic rings. The second kappa shape index (κ2) is 8.52. The molecule has 1 aromatic heterocycles. The van der Waals surface area contributed by atoms with Crippen LogP contribution in [0.15, 0.2) is 0 Å². The minimum absolute atomic E-state index is 0.0145. The second-order valence-corrected chi connectivity index (χ2v) is 4.67. The Morgan fingerprint density at radius 1 is 1.10 bits per heavy atom. The molecule has 1 atom stereocenters. The summed E-state index contributed by atoms with van der Waals surface area (Å²) in [5.41, 5.74) is 0. The zero-order chi connectivity index (χ0) is 15.0. The summed E-state index contributed by atoms with van der Waals surface area (Å²) in [4.78, 5) is 12.8. The minimum atomic E-state index is 0.0145. The summed E-state index contributed by atoms with van der Waals surface area (Å²) >= 11 is 0. The van der Waals surface area contributed by atoms with E-state index in [0.717, 1.165) is 13.0 Å². The van der Waals surface area contributed by atoms with Crippen molar-refractivity contribution in [3.8, 4) is 6.01 Å². The molecule has 0 radical (unpaired) electrons. The molecular formula is C13H25N5O2. The van der Waals surface area contributed by atoms with E-state index in [1.807, 2.05) is 20.8 Å². The van der Waals surface area contributed by atoms with Gasteiger partial charge in [0.2, 0.25) is 11.9 Å². The number of aromatic nitrogens is 3. The summed E-state index contributed by atoms with van der Waals surface area (Å²) in [7, 11) is 1.68. The lowest BCUT2D eigenvalue weighted by atomic mass is 10.2. The van der Waals surface area contributed by atoms with Gasteiger partial charge in [0.25, 0.3) is 0 Å². The predicted molar refractivity (Wildman–Crippen MR) is 79.3 cm³/mol. The Kier molecular flexibility index (Phi) is 7.00. The van der Waals surface area contributed by atoms with Crippen LogP contribution in [0.2, 0.25) is 0 Å². The molecule has 0 saturated carbocycles.